The maximum absolute atomic E-state index is 12.2. The molecule has 0 spiro atoms. The van der Waals surface area contributed by atoms with Crippen LogP contribution in [0.25, 0.3) is 0 Å². The first-order valence-corrected chi connectivity index (χ1v) is 9.74. The lowest BCUT2D eigenvalue weighted by Gasteiger charge is -2.33. The van der Waals surface area contributed by atoms with E-state index in [1.807, 2.05) is 18.3 Å². The number of hydrogen-bond acceptors (Lipinski definition) is 4. The van der Waals surface area contributed by atoms with Crippen molar-refractivity contribution >= 4 is 17.4 Å². The number of anilines is 2. The van der Waals surface area contributed by atoms with Crippen LogP contribution in [0, 0.1) is 5.92 Å². The molecule has 3 aromatic rings. The van der Waals surface area contributed by atoms with Crippen LogP contribution in [0.2, 0.25) is 0 Å². The minimum Gasteiger partial charge on any atom is -0.370 e. The predicted octanol–water partition coefficient (Wildman–Crippen LogP) is 4.19. The zero-order chi connectivity index (χ0) is 19.2. The highest BCUT2D eigenvalue weighted by molar-refractivity contribution is 6.03. The molecule has 0 aliphatic carbocycles. The molecule has 5 nitrogen and oxygen atoms in total. The van der Waals surface area contributed by atoms with Gasteiger partial charge in [0.1, 0.15) is 5.82 Å². The van der Waals surface area contributed by atoms with Crippen molar-refractivity contribution in [2.24, 2.45) is 5.92 Å². The van der Waals surface area contributed by atoms with Crippen molar-refractivity contribution in [2.75, 3.05) is 23.3 Å². The molecule has 1 saturated heterocycles. The highest BCUT2D eigenvalue weighted by Gasteiger charge is 2.20. The Hall–Kier alpha value is -3.21. The maximum atomic E-state index is 12.2. The van der Waals surface area contributed by atoms with Gasteiger partial charge in [0.2, 0.25) is 0 Å². The van der Waals surface area contributed by atoms with E-state index in [1.54, 1.807) is 24.5 Å². The normalized spacial score (nSPS) is 14.6. The highest BCUT2D eigenvalue weighted by Crippen LogP contribution is 2.26. The molecule has 1 aromatic carbocycles. The van der Waals surface area contributed by atoms with E-state index in [9.17, 15) is 4.79 Å². The van der Waals surface area contributed by atoms with Crippen LogP contribution in [-0.4, -0.2) is 29.0 Å². The lowest BCUT2D eigenvalue weighted by atomic mass is 9.90. The monoisotopic (exact) mass is 372 g/mol. The number of aromatic nitrogens is 2. The molecule has 0 saturated carbocycles. The van der Waals surface area contributed by atoms with Crippen molar-refractivity contribution in [1.29, 1.82) is 0 Å². The molecule has 0 unspecified atom stereocenters. The van der Waals surface area contributed by atoms with Gasteiger partial charge in [-0.05, 0) is 55.0 Å². The molecule has 3 heterocycles. The zero-order valence-electron chi connectivity index (χ0n) is 15.8. The summed E-state index contributed by atoms with van der Waals surface area (Å²) in [5.41, 5.74) is 3.06. The Balaban J connectivity index is 1.30. The second-order valence-corrected chi connectivity index (χ2v) is 7.22. The number of hydrogen-bond donors (Lipinski definition) is 1. The van der Waals surface area contributed by atoms with E-state index in [1.165, 1.54) is 18.4 Å². The van der Waals surface area contributed by atoms with Gasteiger partial charge in [-0.1, -0.05) is 30.3 Å². The van der Waals surface area contributed by atoms with Crippen LogP contribution in [0.3, 0.4) is 0 Å². The molecule has 28 heavy (non-hydrogen) atoms. The van der Waals surface area contributed by atoms with Gasteiger partial charge in [-0.25, -0.2) is 4.98 Å². The van der Waals surface area contributed by atoms with Gasteiger partial charge < -0.3 is 10.2 Å². The Morgan fingerprint density at radius 3 is 2.50 bits per heavy atom. The second kappa shape index (κ2) is 8.65. The molecule has 0 radical (unpaired) electrons. The molecule has 5 heteroatoms. The van der Waals surface area contributed by atoms with E-state index in [2.05, 4.69) is 50.5 Å². The molecule has 1 amide bonds. The first-order chi connectivity index (χ1) is 13.8. The van der Waals surface area contributed by atoms with Crippen LogP contribution in [0.15, 0.2) is 73.2 Å². The van der Waals surface area contributed by atoms with Gasteiger partial charge >= 0.3 is 0 Å². The Bertz CT molecular complexity index is 889. The summed E-state index contributed by atoms with van der Waals surface area (Å²) in [6.07, 6.45) is 8.57. The second-order valence-electron chi connectivity index (χ2n) is 7.22. The van der Waals surface area contributed by atoms with Gasteiger partial charge in [0, 0.05) is 25.5 Å². The topological polar surface area (TPSA) is 58.1 Å². The number of rotatable bonds is 5. The van der Waals surface area contributed by atoms with E-state index < -0.39 is 0 Å². The molecule has 0 atom stereocenters. The average molecular weight is 372 g/mol. The van der Waals surface area contributed by atoms with Crippen LogP contribution < -0.4 is 10.2 Å². The van der Waals surface area contributed by atoms with Gasteiger partial charge in [-0.15, -0.1) is 0 Å². The fourth-order valence-corrected chi connectivity index (χ4v) is 3.68. The first kappa shape index (κ1) is 18.2. The van der Waals surface area contributed by atoms with Crippen molar-refractivity contribution in [3.05, 3.63) is 84.3 Å². The number of nitrogens with one attached hydrogen (secondary N) is 1. The number of carbonyl (C=O) groups is 1. The molecule has 4 rings (SSSR count). The number of amides is 1. The third kappa shape index (κ3) is 4.55. The van der Waals surface area contributed by atoms with E-state index in [-0.39, 0.29) is 5.91 Å². The largest absolute Gasteiger partial charge is 0.370 e. The van der Waals surface area contributed by atoms with Crippen LogP contribution in [0.1, 0.15) is 28.8 Å². The quantitative estimate of drug-likeness (QED) is 0.730. The summed E-state index contributed by atoms with van der Waals surface area (Å²) in [7, 11) is 0. The lowest BCUT2D eigenvalue weighted by Crippen LogP contribution is -2.34. The van der Waals surface area contributed by atoms with Gasteiger partial charge in [0.15, 0.2) is 0 Å². The first-order valence-electron chi connectivity index (χ1n) is 9.74. The smallest absolute Gasteiger partial charge is 0.258 e. The Kier molecular flexibility index (Phi) is 5.61. The average Bonchev–Trinajstić information content (AvgIpc) is 2.76. The van der Waals surface area contributed by atoms with Gasteiger partial charge in [0.05, 0.1) is 17.4 Å². The SMILES string of the molecule is O=C(Nc1ccc(N2CCC(Cc3ccccc3)CC2)cn1)c1cccnc1. The van der Waals surface area contributed by atoms with Crippen LogP contribution >= 0.6 is 0 Å². The number of piperidine rings is 1. The molecular formula is C23H24N4O. The third-order valence-electron chi connectivity index (χ3n) is 5.26. The van der Waals surface area contributed by atoms with Crippen molar-refractivity contribution < 1.29 is 4.79 Å². The third-order valence-corrected chi connectivity index (χ3v) is 5.26. The minimum atomic E-state index is -0.199. The van der Waals surface area contributed by atoms with Crippen molar-refractivity contribution in [3.63, 3.8) is 0 Å². The molecule has 0 bridgehead atoms. The Morgan fingerprint density at radius 1 is 1.00 bits per heavy atom. The fourth-order valence-electron chi connectivity index (χ4n) is 3.68. The van der Waals surface area contributed by atoms with Gasteiger partial charge in [0.25, 0.3) is 5.91 Å². The highest BCUT2D eigenvalue weighted by atomic mass is 16.1. The summed E-state index contributed by atoms with van der Waals surface area (Å²) in [5, 5.41) is 2.81. The number of benzene rings is 1. The summed E-state index contributed by atoms with van der Waals surface area (Å²) >= 11 is 0. The Morgan fingerprint density at radius 2 is 1.82 bits per heavy atom. The van der Waals surface area contributed by atoms with Gasteiger partial charge in [-0.3, -0.25) is 9.78 Å². The van der Waals surface area contributed by atoms with Crippen LogP contribution in [0.5, 0.6) is 0 Å². The fraction of sp³-hybridized carbons (Fsp3) is 0.261. The number of carbonyl (C=O) groups excluding carboxylic acids is 1. The van der Waals surface area contributed by atoms with E-state index in [4.69, 9.17) is 0 Å². The molecule has 1 N–H and O–H groups in total. The Labute approximate surface area is 165 Å². The molecule has 1 aliphatic heterocycles. The van der Waals surface area contributed by atoms with Crippen LogP contribution in [-0.2, 0) is 6.42 Å². The number of nitrogens with zero attached hydrogens (tertiary/aromatic N) is 3. The van der Waals surface area contributed by atoms with Crippen molar-refractivity contribution in [3.8, 4) is 0 Å². The molecule has 1 aliphatic rings. The van der Waals surface area contributed by atoms with Crippen LogP contribution in [0.4, 0.5) is 11.5 Å². The van der Waals surface area contributed by atoms with Gasteiger partial charge in [-0.2, -0.15) is 0 Å². The van der Waals surface area contributed by atoms with E-state index in [0.717, 1.165) is 31.1 Å². The molecule has 142 valence electrons. The number of pyridine rings is 2. The summed E-state index contributed by atoms with van der Waals surface area (Å²) in [6, 6.07) is 18.1. The van der Waals surface area contributed by atoms with Crippen molar-refractivity contribution in [1.82, 2.24) is 9.97 Å². The summed E-state index contributed by atoms with van der Waals surface area (Å²) in [6.45, 7) is 2.08. The molecule has 2 aromatic heterocycles. The molecular weight excluding hydrogens is 348 g/mol. The molecule has 1 fully saturated rings. The lowest BCUT2D eigenvalue weighted by molar-refractivity contribution is 0.102. The minimum absolute atomic E-state index is 0.199. The van der Waals surface area contributed by atoms with Crippen molar-refractivity contribution in [2.45, 2.75) is 19.3 Å². The summed E-state index contributed by atoms with van der Waals surface area (Å²) < 4.78 is 0. The standard InChI is InChI=1S/C23H24N4O/c28-23(20-7-4-12-24-16-20)26-22-9-8-21(17-25-22)27-13-10-19(11-14-27)15-18-5-2-1-3-6-18/h1-9,12,16-17,19H,10-11,13-15H2,(H,25,26,28). The summed E-state index contributed by atoms with van der Waals surface area (Å²) in [4.78, 5) is 22.9. The summed E-state index contributed by atoms with van der Waals surface area (Å²) in [5.74, 6) is 1.09. The predicted molar refractivity (Wildman–Crippen MR) is 112 cm³/mol. The zero-order valence-corrected chi connectivity index (χ0v) is 15.8. The van der Waals surface area contributed by atoms with E-state index >= 15 is 0 Å². The van der Waals surface area contributed by atoms with E-state index in [0.29, 0.717) is 11.4 Å². The maximum Gasteiger partial charge on any atom is 0.258 e.